The molecule has 1 saturated heterocycles. The fourth-order valence-electron chi connectivity index (χ4n) is 4.46. The van der Waals surface area contributed by atoms with Gasteiger partial charge in [0.25, 0.3) is 5.91 Å². The van der Waals surface area contributed by atoms with Crippen LogP contribution < -0.4 is 10.5 Å². The third-order valence-electron chi connectivity index (χ3n) is 6.10. The van der Waals surface area contributed by atoms with E-state index in [0.29, 0.717) is 31.9 Å². The Balaban J connectivity index is 1.64. The second kappa shape index (κ2) is 8.60. The normalized spacial score (nSPS) is 14.0. The lowest BCUT2D eigenvalue weighted by molar-refractivity contribution is -0.117. The van der Waals surface area contributed by atoms with Crippen LogP contribution in [0.2, 0.25) is 0 Å². The fraction of sp³-hybridized carbons (Fsp3) is 0.231. The van der Waals surface area contributed by atoms with Crippen molar-refractivity contribution in [2.45, 2.75) is 6.42 Å². The zero-order valence-electron chi connectivity index (χ0n) is 18.4. The first kappa shape index (κ1) is 21.0. The minimum absolute atomic E-state index is 0.00622. The molecule has 7 nitrogen and oxygen atoms in total. The number of carbonyl (C=O) groups excluding carboxylic acids is 2. The Kier molecular flexibility index (Phi) is 5.48. The molecule has 7 heteroatoms. The molecule has 5 rings (SSSR count). The molecule has 1 fully saturated rings. The Morgan fingerprint density at radius 3 is 2.61 bits per heavy atom. The van der Waals surface area contributed by atoms with Crippen LogP contribution in [0.15, 0.2) is 54.6 Å². The zero-order chi connectivity index (χ0) is 22.9. The van der Waals surface area contributed by atoms with Crippen molar-refractivity contribution in [2.75, 3.05) is 33.4 Å². The van der Waals surface area contributed by atoms with E-state index >= 15 is 0 Å². The number of rotatable bonds is 5. The van der Waals surface area contributed by atoms with Gasteiger partial charge in [0.15, 0.2) is 0 Å². The van der Waals surface area contributed by atoms with Gasteiger partial charge in [0.1, 0.15) is 5.75 Å². The molecule has 1 aliphatic heterocycles. The van der Waals surface area contributed by atoms with Crippen molar-refractivity contribution in [3.05, 3.63) is 65.7 Å². The summed E-state index contributed by atoms with van der Waals surface area (Å²) in [6, 6.07) is 17.6. The van der Waals surface area contributed by atoms with Crippen LogP contribution in [0.5, 0.6) is 5.75 Å². The predicted molar refractivity (Wildman–Crippen MR) is 127 cm³/mol. The number of carbonyl (C=O) groups is 2. The molecule has 1 aliphatic rings. The number of ether oxygens (including phenoxy) is 2. The number of hydrogen-bond acceptors (Lipinski definition) is 4. The van der Waals surface area contributed by atoms with Gasteiger partial charge in [0.05, 0.1) is 32.3 Å². The molecule has 0 saturated carbocycles. The second-order valence-electron chi connectivity index (χ2n) is 8.22. The Morgan fingerprint density at radius 1 is 1.03 bits per heavy atom. The van der Waals surface area contributed by atoms with Crippen molar-refractivity contribution in [3.63, 3.8) is 0 Å². The van der Waals surface area contributed by atoms with Crippen LogP contribution >= 0.6 is 0 Å². The Morgan fingerprint density at radius 2 is 1.85 bits per heavy atom. The largest absolute Gasteiger partial charge is 0.497 e. The monoisotopic (exact) mass is 443 g/mol. The molecular weight excluding hydrogens is 418 g/mol. The lowest BCUT2D eigenvalue weighted by Gasteiger charge is -2.26. The highest BCUT2D eigenvalue weighted by atomic mass is 16.5. The number of nitrogens with one attached hydrogen (secondary N) is 1. The topological polar surface area (TPSA) is 97.7 Å². The number of fused-ring (bicyclic) bond motifs is 3. The van der Waals surface area contributed by atoms with Gasteiger partial charge in [-0.2, -0.15) is 0 Å². The summed E-state index contributed by atoms with van der Waals surface area (Å²) in [4.78, 5) is 30.0. The molecular formula is C26H25N3O4. The number of morpholine rings is 1. The number of H-pyrrole nitrogens is 1. The number of methoxy groups -OCH3 is 1. The fourth-order valence-corrected chi connectivity index (χ4v) is 4.46. The first-order chi connectivity index (χ1) is 16.0. The van der Waals surface area contributed by atoms with E-state index in [2.05, 4.69) is 11.1 Å². The highest BCUT2D eigenvalue weighted by Gasteiger charge is 2.20. The van der Waals surface area contributed by atoms with E-state index in [1.165, 1.54) is 0 Å². The summed E-state index contributed by atoms with van der Waals surface area (Å²) in [5, 5.41) is 1.96. The van der Waals surface area contributed by atoms with E-state index in [-0.39, 0.29) is 12.3 Å². The standard InChI is InChI=1S/C26H25N3O4/c1-32-20-4-2-3-16(12-20)18-11-19(15-24(27)30)25-22(13-18)21-6-5-17(14-23(21)28-25)26(31)29-7-9-33-10-8-29/h2-6,11-14,28H,7-10,15H2,1H3,(H2,27,30). The summed E-state index contributed by atoms with van der Waals surface area (Å²) in [7, 11) is 1.64. The second-order valence-corrected chi connectivity index (χ2v) is 8.22. The number of nitrogens with zero attached hydrogens (tertiary/aromatic N) is 1. The predicted octanol–water partition coefficient (Wildman–Crippen LogP) is 3.50. The van der Waals surface area contributed by atoms with E-state index in [1.54, 1.807) is 7.11 Å². The zero-order valence-corrected chi connectivity index (χ0v) is 18.4. The smallest absolute Gasteiger partial charge is 0.254 e. The van der Waals surface area contributed by atoms with Crippen LogP contribution in [-0.2, 0) is 16.0 Å². The lowest BCUT2D eigenvalue weighted by Crippen LogP contribution is -2.40. The summed E-state index contributed by atoms with van der Waals surface area (Å²) in [5.41, 5.74) is 10.6. The average molecular weight is 444 g/mol. The summed E-state index contributed by atoms with van der Waals surface area (Å²) in [6.45, 7) is 2.31. The minimum atomic E-state index is -0.402. The van der Waals surface area contributed by atoms with Gasteiger partial charge in [-0.1, -0.05) is 18.2 Å². The molecule has 2 heterocycles. The molecule has 3 aromatic carbocycles. The van der Waals surface area contributed by atoms with Crippen LogP contribution in [0.25, 0.3) is 32.9 Å². The molecule has 3 N–H and O–H groups in total. The quantitative estimate of drug-likeness (QED) is 0.493. The van der Waals surface area contributed by atoms with Crippen molar-refractivity contribution < 1.29 is 19.1 Å². The maximum absolute atomic E-state index is 13.0. The van der Waals surface area contributed by atoms with E-state index < -0.39 is 5.91 Å². The van der Waals surface area contributed by atoms with Crippen molar-refractivity contribution in [2.24, 2.45) is 5.73 Å². The molecule has 168 valence electrons. The summed E-state index contributed by atoms with van der Waals surface area (Å²) >= 11 is 0. The van der Waals surface area contributed by atoms with Gasteiger partial charge >= 0.3 is 0 Å². The lowest BCUT2D eigenvalue weighted by atomic mass is 9.97. The van der Waals surface area contributed by atoms with Crippen molar-refractivity contribution >= 4 is 33.6 Å². The molecule has 1 aromatic heterocycles. The molecule has 0 atom stereocenters. The number of amides is 2. The molecule has 4 aromatic rings. The van der Waals surface area contributed by atoms with Gasteiger partial charge < -0.3 is 25.1 Å². The number of benzene rings is 3. The first-order valence-electron chi connectivity index (χ1n) is 10.9. The third kappa shape index (κ3) is 4.03. The van der Waals surface area contributed by atoms with Gasteiger partial charge in [-0.05, 0) is 53.1 Å². The van der Waals surface area contributed by atoms with E-state index in [9.17, 15) is 9.59 Å². The van der Waals surface area contributed by atoms with Crippen molar-refractivity contribution in [1.29, 1.82) is 0 Å². The molecule has 0 radical (unpaired) electrons. The highest BCUT2D eigenvalue weighted by Crippen LogP contribution is 2.34. The van der Waals surface area contributed by atoms with Crippen LogP contribution in [0, 0.1) is 0 Å². The van der Waals surface area contributed by atoms with Crippen LogP contribution in [0.3, 0.4) is 0 Å². The van der Waals surface area contributed by atoms with E-state index in [0.717, 1.165) is 44.2 Å². The van der Waals surface area contributed by atoms with Gasteiger partial charge in [0.2, 0.25) is 5.91 Å². The number of primary amides is 1. The molecule has 0 unspecified atom stereocenters. The van der Waals surface area contributed by atoms with Crippen LogP contribution in [0.1, 0.15) is 15.9 Å². The van der Waals surface area contributed by atoms with Gasteiger partial charge in [-0.25, -0.2) is 0 Å². The Hall–Kier alpha value is -3.84. The van der Waals surface area contributed by atoms with Crippen molar-refractivity contribution in [3.8, 4) is 16.9 Å². The summed E-state index contributed by atoms with van der Waals surface area (Å²) < 4.78 is 10.7. The maximum atomic E-state index is 13.0. The van der Waals surface area contributed by atoms with E-state index in [4.69, 9.17) is 15.2 Å². The maximum Gasteiger partial charge on any atom is 0.254 e. The summed E-state index contributed by atoms with van der Waals surface area (Å²) in [6.07, 6.45) is 0.112. The molecule has 0 spiro atoms. The van der Waals surface area contributed by atoms with Crippen LogP contribution in [0.4, 0.5) is 0 Å². The molecule has 33 heavy (non-hydrogen) atoms. The van der Waals surface area contributed by atoms with Gasteiger partial charge in [-0.3, -0.25) is 9.59 Å². The van der Waals surface area contributed by atoms with E-state index in [1.807, 2.05) is 53.4 Å². The third-order valence-corrected chi connectivity index (χ3v) is 6.10. The SMILES string of the molecule is COc1cccc(-c2cc(CC(N)=O)c3[nH]c4cc(C(=O)N5CCOCC5)ccc4c3c2)c1. The Labute approximate surface area is 191 Å². The molecule has 0 aliphatic carbocycles. The molecule has 2 amide bonds. The minimum Gasteiger partial charge on any atom is -0.497 e. The number of nitrogens with two attached hydrogens (primary N) is 1. The molecule has 0 bridgehead atoms. The summed E-state index contributed by atoms with van der Waals surface area (Å²) in [5.74, 6) is 0.350. The highest BCUT2D eigenvalue weighted by molar-refractivity contribution is 6.12. The number of hydrogen-bond donors (Lipinski definition) is 2. The van der Waals surface area contributed by atoms with Crippen LogP contribution in [-0.4, -0.2) is 55.1 Å². The number of aromatic nitrogens is 1. The van der Waals surface area contributed by atoms with Gasteiger partial charge in [0, 0.05) is 34.9 Å². The number of aromatic amines is 1. The Bertz CT molecular complexity index is 1370. The van der Waals surface area contributed by atoms with Gasteiger partial charge in [-0.15, -0.1) is 0 Å². The average Bonchev–Trinajstić information content (AvgIpc) is 3.22. The first-order valence-corrected chi connectivity index (χ1v) is 10.9. The van der Waals surface area contributed by atoms with Crippen molar-refractivity contribution in [1.82, 2.24) is 9.88 Å².